The van der Waals surface area contributed by atoms with E-state index < -0.39 is 30.5 Å². The number of nitrogens with one attached hydrogen (secondary N) is 1. The number of hydrogen-bond acceptors (Lipinski definition) is 3. The van der Waals surface area contributed by atoms with Gasteiger partial charge in [-0.2, -0.15) is 18.3 Å². The van der Waals surface area contributed by atoms with E-state index in [4.69, 9.17) is 5.11 Å². The predicted octanol–water partition coefficient (Wildman–Crippen LogP) is 2.32. The molecule has 1 aromatic carbocycles. The maximum absolute atomic E-state index is 12.3. The van der Waals surface area contributed by atoms with Gasteiger partial charge < -0.3 is 10.4 Å². The molecule has 2 rings (SSSR count). The molecule has 0 fully saturated rings. The second kappa shape index (κ2) is 6.73. The first kappa shape index (κ1) is 17.5. The van der Waals surface area contributed by atoms with Crippen LogP contribution >= 0.6 is 0 Å². The zero-order valence-corrected chi connectivity index (χ0v) is 12.5. The monoisotopic (exact) mass is 341 g/mol. The molecule has 6 nitrogen and oxygen atoms in total. The summed E-state index contributed by atoms with van der Waals surface area (Å²) in [4.78, 5) is 22.8. The number of amides is 1. The van der Waals surface area contributed by atoms with Gasteiger partial charge in [-0.3, -0.25) is 4.79 Å². The average molecular weight is 341 g/mol. The molecule has 1 unspecified atom stereocenters. The molecule has 0 spiro atoms. The first-order chi connectivity index (χ1) is 11.2. The summed E-state index contributed by atoms with van der Waals surface area (Å²) in [5, 5.41) is 14.9. The summed E-state index contributed by atoms with van der Waals surface area (Å²) in [6.45, 7) is 1.81. The highest BCUT2D eigenvalue weighted by Crippen LogP contribution is 2.22. The van der Waals surface area contributed by atoms with Crippen LogP contribution in [0.25, 0.3) is 5.69 Å². The summed E-state index contributed by atoms with van der Waals surface area (Å²) in [6, 6.07) is 5.63. The van der Waals surface area contributed by atoms with E-state index in [0.29, 0.717) is 5.69 Å². The topological polar surface area (TPSA) is 84.2 Å². The summed E-state index contributed by atoms with van der Waals surface area (Å²) in [6.07, 6.45) is -4.62. The van der Waals surface area contributed by atoms with E-state index >= 15 is 0 Å². The molecule has 0 aliphatic rings. The number of hydrogen-bond donors (Lipinski definition) is 2. The highest BCUT2D eigenvalue weighted by molar-refractivity contribution is 5.96. The van der Waals surface area contributed by atoms with Crippen LogP contribution in [-0.2, 0) is 4.79 Å². The minimum atomic E-state index is -4.70. The van der Waals surface area contributed by atoms with Gasteiger partial charge in [0.1, 0.15) is 6.04 Å². The maximum Gasteiger partial charge on any atom is 0.391 e. The highest BCUT2D eigenvalue weighted by Gasteiger charge is 2.36. The molecule has 0 radical (unpaired) electrons. The molecule has 2 N–H and O–H groups in total. The fourth-order valence-electron chi connectivity index (χ4n) is 2.00. The van der Waals surface area contributed by atoms with E-state index in [1.807, 2.05) is 12.2 Å². The smallest absolute Gasteiger partial charge is 0.391 e. The number of carboxylic acid groups (broad SMARTS) is 1. The van der Waals surface area contributed by atoms with Gasteiger partial charge in [0, 0.05) is 11.8 Å². The summed E-state index contributed by atoms with van der Waals surface area (Å²) in [5.74, 6) is -2.64. The molecule has 1 amide bonds. The van der Waals surface area contributed by atoms with Crippen LogP contribution in [0, 0.1) is 6.92 Å². The van der Waals surface area contributed by atoms with Crippen LogP contribution in [0.15, 0.2) is 36.5 Å². The molecular formula is C15H14F3N3O3. The van der Waals surface area contributed by atoms with Crippen LogP contribution in [0.2, 0.25) is 0 Å². The van der Waals surface area contributed by atoms with Crippen LogP contribution in [-0.4, -0.2) is 39.0 Å². The van der Waals surface area contributed by atoms with Crippen molar-refractivity contribution in [1.29, 1.82) is 0 Å². The number of halogens is 3. The van der Waals surface area contributed by atoms with Crippen molar-refractivity contribution in [2.45, 2.75) is 25.6 Å². The van der Waals surface area contributed by atoms with E-state index in [9.17, 15) is 22.8 Å². The van der Waals surface area contributed by atoms with Crippen molar-refractivity contribution in [2.75, 3.05) is 0 Å². The Labute approximate surface area is 134 Å². The molecule has 24 heavy (non-hydrogen) atoms. The fourth-order valence-corrected chi connectivity index (χ4v) is 2.00. The Kier molecular flexibility index (Phi) is 4.91. The summed E-state index contributed by atoms with van der Waals surface area (Å²) in [5.41, 5.74) is 1.51. The fraction of sp³-hybridized carbons (Fsp3) is 0.267. The van der Waals surface area contributed by atoms with E-state index in [0.717, 1.165) is 5.69 Å². The Hall–Kier alpha value is -2.84. The van der Waals surface area contributed by atoms with Crippen LogP contribution in [0.5, 0.6) is 0 Å². The number of nitrogens with zero attached hydrogens (tertiary/aromatic N) is 2. The van der Waals surface area contributed by atoms with Crippen LogP contribution < -0.4 is 5.32 Å². The van der Waals surface area contributed by atoms with Crippen LogP contribution in [0.4, 0.5) is 13.2 Å². The number of aryl methyl sites for hydroxylation is 1. The Morgan fingerprint density at radius 3 is 2.33 bits per heavy atom. The molecule has 0 saturated heterocycles. The van der Waals surface area contributed by atoms with Crippen molar-refractivity contribution in [2.24, 2.45) is 0 Å². The van der Waals surface area contributed by atoms with Gasteiger partial charge in [0.25, 0.3) is 5.91 Å². The number of benzene rings is 1. The van der Waals surface area contributed by atoms with Gasteiger partial charge >= 0.3 is 12.1 Å². The van der Waals surface area contributed by atoms with E-state index in [2.05, 4.69) is 5.10 Å². The lowest BCUT2D eigenvalue weighted by molar-refractivity contribution is -0.157. The third kappa shape index (κ3) is 4.58. The second-order valence-corrected chi connectivity index (χ2v) is 5.13. The van der Waals surface area contributed by atoms with Crippen LogP contribution in [0.1, 0.15) is 22.5 Å². The Morgan fingerprint density at radius 1 is 1.25 bits per heavy atom. The normalized spacial score (nSPS) is 12.7. The lowest BCUT2D eigenvalue weighted by atomic mass is 10.1. The van der Waals surface area contributed by atoms with Crippen molar-refractivity contribution in [1.82, 2.24) is 15.1 Å². The Balaban J connectivity index is 2.10. The lowest BCUT2D eigenvalue weighted by Crippen LogP contribution is -2.43. The number of carboxylic acids is 1. The van der Waals surface area contributed by atoms with E-state index in [1.165, 1.54) is 12.1 Å². The summed E-state index contributed by atoms with van der Waals surface area (Å²) < 4.78 is 38.6. The summed E-state index contributed by atoms with van der Waals surface area (Å²) >= 11 is 0. The predicted molar refractivity (Wildman–Crippen MR) is 77.9 cm³/mol. The molecule has 1 aromatic heterocycles. The van der Waals surface area contributed by atoms with Crippen LogP contribution in [0.3, 0.4) is 0 Å². The average Bonchev–Trinajstić information content (AvgIpc) is 2.92. The SMILES string of the molecule is Cc1ccn(-c2ccc(C(=O)NC(CC(F)(F)F)C(=O)O)cc2)n1. The molecule has 2 aromatic rings. The van der Waals surface area contributed by atoms with Gasteiger partial charge in [-0.25, -0.2) is 9.48 Å². The molecule has 128 valence electrons. The number of aromatic nitrogens is 2. The van der Waals surface area contributed by atoms with Crippen molar-refractivity contribution >= 4 is 11.9 Å². The van der Waals surface area contributed by atoms with Gasteiger partial charge in [0.15, 0.2) is 0 Å². The highest BCUT2D eigenvalue weighted by atomic mass is 19.4. The molecule has 0 bridgehead atoms. The van der Waals surface area contributed by atoms with E-state index in [-0.39, 0.29) is 5.56 Å². The second-order valence-electron chi connectivity index (χ2n) is 5.13. The lowest BCUT2D eigenvalue weighted by Gasteiger charge is -2.16. The quantitative estimate of drug-likeness (QED) is 0.874. The number of rotatable bonds is 5. The van der Waals surface area contributed by atoms with E-state index in [1.54, 1.807) is 29.1 Å². The number of aliphatic carboxylic acids is 1. The van der Waals surface area contributed by atoms with Crippen molar-refractivity contribution < 1.29 is 27.9 Å². The number of carbonyl (C=O) groups is 2. The molecule has 9 heteroatoms. The number of carbonyl (C=O) groups excluding carboxylic acids is 1. The minimum Gasteiger partial charge on any atom is -0.480 e. The van der Waals surface area contributed by atoms with Gasteiger partial charge in [0.2, 0.25) is 0 Å². The molecular weight excluding hydrogens is 327 g/mol. The molecule has 0 aliphatic heterocycles. The first-order valence-electron chi connectivity index (χ1n) is 6.89. The Bertz CT molecular complexity index is 738. The molecule has 0 saturated carbocycles. The molecule has 1 atom stereocenters. The van der Waals surface area contributed by atoms with Crippen molar-refractivity contribution in [3.8, 4) is 5.69 Å². The maximum atomic E-state index is 12.3. The van der Waals surface area contributed by atoms with Crippen molar-refractivity contribution in [3.63, 3.8) is 0 Å². The zero-order valence-electron chi connectivity index (χ0n) is 12.5. The molecule has 1 heterocycles. The summed E-state index contributed by atoms with van der Waals surface area (Å²) in [7, 11) is 0. The largest absolute Gasteiger partial charge is 0.480 e. The zero-order chi connectivity index (χ0) is 17.9. The van der Waals surface area contributed by atoms with Gasteiger partial charge in [0.05, 0.1) is 17.8 Å². The van der Waals surface area contributed by atoms with Gasteiger partial charge in [-0.1, -0.05) is 0 Å². The Morgan fingerprint density at radius 2 is 1.88 bits per heavy atom. The van der Waals surface area contributed by atoms with Gasteiger partial charge in [-0.15, -0.1) is 0 Å². The minimum absolute atomic E-state index is 0.0519. The number of alkyl halides is 3. The first-order valence-corrected chi connectivity index (χ1v) is 6.89. The third-order valence-corrected chi connectivity index (χ3v) is 3.16. The van der Waals surface area contributed by atoms with Crippen molar-refractivity contribution in [3.05, 3.63) is 47.8 Å². The standard InChI is InChI=1S/C15H14F3N3O3/c1-9-6-7-21(20-9)11-4-2-10(3-5-11)13(22)19-12(14(23)24)8-15(16,17)18/h2-7,12H,8H2,1H3,(H,19,22)(H,23,24). The molecule has 0 aliphatic carbocycles. The van der Waals surface area contributed by atoms with Gasteiger partial charge in [-0.05, 0) is 37.3 Å². The third-order valence-electron chi connectivity index (χ3n) is 3.16.